The Morgan fingerprint density at radius 2 is 1.80 bits per heavy atom. The van der Waals surface area contributed by atoms with Gasteiger partial charge in [-0.25, -0.2) is 9.97 Å². The topological polar surface area (TPSA) is 76.6 Å². The van der Waals surface area contributed by atoms with Gasteiger partial charge in [0.25, 0.3) is 0 Å². The zero-order valence-corrected chi connectivity index (χ0v) is 20.5. The van der Waals surface area contributed by atoms with Gasteiger partial charge in [0, 0.05) is 24.5 Å². The molecule has 1 aliphatic rings. The van der Waals surface area contributed by atoms with E-state index in [1.165, 1.54) is 22.9 Å². The van der Waals surface area contributed by atoms with E-state index in [-0.39, 0.29) is 11.7 Å². The van der Waals surface area contributed by atoms with E-state index < -0.39 is 0 Å². The lowest BCUT2D eigenvalue weighted by molar-refractivity contribution is -0.113. The van der Waals surface area contributed by atoms with Crippen LogP contribution in [0.2, 0.25) is 0 Å². The molecule has 7 nitrogen and oxygen atoms in total. The molecule has 178 valence electrons. The fourth-order valence-corrected chi connectivity index (χ4v) is 5.00. The molecule has 4 aromatic rings. The van der Waals surface area contributed by atoms with E-state index >= 15 is 0 Å². The van der Waals surface area contributed by atoms with Crippen LogP contribution in [-0.2, 0) is 17.8 Å². The van der Waals surface area contributed by atoms with Gasteiger partial charge < -0.3 is 19.7 Å². The van der Waals surface area contributed by atoms with Crippen molar-refractivity contribution in [1.82, 2.24) is 9.97 Å². The molecule has 35 heavy (non-hydrogen) atoms. The van der Waals surface area contributed by atoms with Crippen molar-refractivity contribution in [3.8, 4) is 11.5 Å². The van der Waals surface area contributed by atoms with Gasteiger partial charge in [0.15, 0.2) is 0 Å². The second-order valence-electron chi connectivity index (χ2n) is 8.19. The Hall–Kier alpha value is -3.78. The molecule has 0 bridgehead atoms. The SMILES string of the molecule is COc1ccc(OC)c(NC(=O)CSc2nc(N3CCc4ccccc4C3)nc3ccccc23)c1. The second-order valence-corrected chi connectivity index (χ2v) is 9.15. The van der Waals surface area contributed by atoms with Crippen LogP contribution in [0.25, 0.3) is 10.9 Å². The molecule has 0 saturated heterocycles. The number of amides is 1. The molecule has 0 atom stereocenters. The summed E-state index contributed by atoms with van der Waals surface area (Å²) >= 11 is 1.40. The third-order valence-corrected chi connectivity index (χ3v) is 6.98. The predicted molar refractivity (Wildman–Crippen MR) is 140 cm³/mol. The summed E-state index contributed by atoms with van der Waals surface area (Å²) in [5.41, 5.74) is 4.12. The minimum absolute atomic E-state index is 0.155. The second kappa shape index (κ2) is 10.2. The summed E-state index contributed by atoms with van der Waals surface area (Å²) < 4.78 is 10.6. The van der Waals surface area contributed by atoms with Gasteiger partial charge in [-0.05, 0) is 35.7 Å². The van der Waals surface area contributed by atoms with E-state index in [1.807, 2.05) is 24.3 Å². The van der Waals surface area contributed by atoms with Crippen molar-refractivity contribution in [2.45, 2.75) is 18.0 Å². The monoisotopic (exact) mass is 486 g/mol. The third-order valence-electron chi connectivity index (χ3n) is 5.99. The van der Waals surface area contributed by atoms with Crippen LogP contribution in [0.5, 0.6) is 11.5 Å². The van der Waals surface area contributed by atoms with Crippen LogP contribution < -0.4 is 19.7 Å². The van der Waals surface area contributed by atoms with E-state index in [9.17, 15) is 4.79 Å². The highest BCUT2D eigenvalue weighted by Gasteiger charge is 2.20. The lowest BCUT2D eigenvalue weighted by Crippen LogP contribution is -2.31. The smallest absolute Gasteiger partial charge is 0.234 e. The minimum atomic E-state index is -0.155. The molecule has 1 N–H and O–H groups in total. The largest absolute Gasteiger partial charge is 0.497 e. The molecule has 0 aliphatic carbocycles. The first-order valence-corrected chi connectivity index (χ1v) is 12.4. The number of thioether (sulfide) groups is 1. The Labute approximate surface area is 208 Å². The van der Waals surface area contributed by atoms with Crippen molar-refractivity contribution in [3.05, 3.63) is 77.9 Å². The number of nitrogens with one attached hydrogen (secondary N) is 1. The Kier molecular flexibility index (Phi) is 6.72. The number of carbonyl (C=O) groups is 1. The van der Waals surface area contributed by atoms with Gasteiger partial charge in [0.1, 0.15) is 16.5 Å². The molecule has 1 amide bonds. The number of anilines is 2. The van der Waals surface area contributed by atoms with E-state index in [4.69, 9.17) is 19.4 Å². The number of rotatable bonds is 7. The van der Waals surface area contributed by atoms with Crippen LogP contribution in [0, 0.1) is 0 Å². The summed E-state index contributed by atoms with van der Waals surface area (Å²) in [6.45, 7) is 1.63. The van der Waals surface area contributed by atoms with Crippen molar-refractivity contribution in [1.29, 1.82) is 0 Å². The first-order chi connectivity index (χ1) is 17.1. The van der Waals surface area contributed by atoms with E-state index in [2.05, 4.69) is 34.5 Å². The Balaban J connectivity index is 1.36. The number of para-hydroxylation sites is 1. The highest BCUT2D eigenvalue weighted by atomic mass is 32.2. The Morgan fingerprint density at radius 1 is 1.00 bits per heavy atom. The minimum Gasteiger partial charge on any atom is -0.497 e. The van der Waals surface area contributed by atoms with Crippen molar-refractivity contribution in [2.75, 3.05) is 36.7 Å². The zero-order valence-electron chi connectivity index (χ0n) is 19.7. The maximum absolute atomic E-state index is 12.8. The van der Waals surface area contributed by atoms with Gasteiger partial charge in [0.05, 0.1) is 31.2 Å². The Morgan fingerprint density at radius 3 is 2.63 bits per heavy atom. The zero-order chi connectivity index (χ0) is 24.2. The lowest BCUT2D eigenvalue weighted by atomic mass is 10.0. The number of methoxy groups -OCH3 is 2. The molecule has 0 radical (unpaired) electrons. The average molecular weight is 487 g/mol. The Bertz CT molecular complexity index is 1380. The lowest BCUT2D eigenvalue weighted by Gasteiger charge is -2.29. The summed E-state index contributed by atoms with van der Waals surface area (Å²) in [4.78, 5) is 24.8. The maximum Gasteiger partial charge on any atom is 0.234 e. The van der Waals surface area contributed by atoms with Crippen LogP contribution in [0.3, 0.4) is 0 Å². The summed E-state index contributed by atoms with van der Waals surface area (Å²) in [6, 6.07) is 21.7. The summed E-state index contributed by atoms with van der Waals surface area (Å²) in [6.07, 6.45) is 0.958. The predicted octanol–water partition coefficient (Wildman–Crippen LogP) is 4.94. The highest BCUT2D eigenvalue weighted by molar-refractivity contribution is 8.00. The molecule has 0 spiro atoms. The molecule has 8 heteroatoms. The molecular formula is C27H26N4O3S. The number of nitrogens with zero attached hydrogens (tertiary/aromatic N) is 3. The maximum atomic E-state index is 12.8. The number of fused-ring (bicyclic) bond motifs is 2. The third kappa shape index (κ3) is 5.02. The van der Waals surface area contributed by atoms with Gasteiger partial charge in [0.2, 0.25) is 11.9 Å². The van der Waals surface area contributed by atoms with Crippen molar-refractivity contribution >= 4 is 40.2 Å². The molecule has 2 heterocycles. The summed E-state index contributed by atoms with van der Waals surface area (Å²) in [5, 5.41) is 4.65. The fourth-order valence-electron chi connectivity index (χ4n) is 4.19. The van der Waals surface area contributed by atoms with Gasteiger partial charge in [-0.15, -0.1) is 0 Å². The molecule has 5 rings (SSSR count). The molecule has 3 aromatic carbocycles. The van der Waals surface area contributed by atoms with E-state index in [1.54, 1.807) is 32.4 Å². The number of ether oxygens (including phenoxy) is 2. The van der Waals surface area contributed by atoms with Gasteiger partial charge in [-0.3, -0.25) is 4.79 Å². The fraction of sp³-hybridized carbons (Fsp3) is 0.222. The van der Waals surface area contributed by atoms with Crippen LogP contribution in [0.4, 0.5) is 11.6 Å². The quantitative estimate of drug-likeness (QED) is 0.293. The standard InChI is InChI=1S/C27H26N4O3S/c1-33-20-11-12-24(34-2)23(15-20)28-25(32)17-35-26-21-9-5-6-10-22(21)29-27(30-26)31-14-13-18-7-3-4-8-19(18)16-31/h3-12,15H,13-14,16-17H2,1-2H3,(H,28,32). The molecule has 0 saturated carbocycles. The molecule has 0 fully saturated rings. The molecule has 1 aliphatic heterocycles. The van der Waals surface area contributed by atoms with Crippen molar-refractivity contribution in [3.63, 3.8) is 0 Å². The van der Waals surface area contributed by atoms with Crippen LogP contribution in [-0.4, -0.2) is 42.4 Å². The van der Waals surface area contributed by atoms with Crippen LogP contribution in [0.15, 0.2) is 71.8 Å². The normalized spacial score (nSPS) is 12.8. The molecular weight excluding hydrogens is 460 g/mol. The van der Waals surface area contributed by atoms with Crippen molar-refractivity contribution in [2.24, 2.45) is 0 Å². The first-order valence-electron chi connectivity index (χ1n) is 11.4. The first kappa shape index (κ1) is 23.0. The van der Waals surface area contributed by atoms with Gasteiger partial charge in [-0.1, -0.05) is 54.2 Å². The summed E-state index contributed by atoms with van der Waals surface area (Å²) in [7, 11) is 3.15. The van der Waals surface area contributed by atoms with Crippen molar-refractivity contribution < 1.29 is 14.3 Å². The van der Waals surface area contributed by atoms with Gasteiger partial charge >= 0.3 is 0 Å². The number of aromatic nitrogens is 2. The number of hydrogen-bond acceptors (Lipinski definition) is 7. The number of benzene rings is 3. The highest BCUT2D eigenvalue weighted by Crippen LogP contribution is 2.31. The molecule has 0 unspecified atom stereocenters. The molecule has 1 aromatic heterocycles. The summed E-state index contributed by atoms with van der Waals surface area (Å²) in [5.74, 6) is 1.95. The van der Waals surface area contributed by atoms with Gasteiger partial charge in [-0.2, -0.15) is 0 Å². The average Bonchev–Trinajstić information content (AvgIpc) is 2.91. The van der Waals surface area contributed by atoms with Crippen LogP contribution >= 0.6 is 11.8 Å². The van der Waals surface area contributed by atoms with E-state index in [0.717, 1.165) is 35.4 Å². The van der Waals surface area contributed by atoms with Crippen LogP contribution in [0.1, 0.15) is 11.1 Å². The number of carbonyl (C=O) groups excluding carboxylic acids is 1. The number of hydrogen-bond donors (Lipinski definition) is 1. The van der Waals surface area contributed by atoms with E-state index in [0.29, 0.717) is 23.1 Å².